The van der Waals surface area contributed by atoms with Gasteiger partial charge in [-0.3, -0.25) is 9.59 Å². The number of nitriles is 1. The Balaban J connectivity index is 0.00000320. The van der Waals surface area contributed by atoms with Crippen molar-refractivity contribution >= 4 is 24.2 Å². The Bertz CT molecular complexity index is 1100. The van der Waals surface area contributed by atoms with E-state index in [1.165, 1.54) is 18.4 Å². The van der Waals surface area contributed by atoms with Crippen LogP contribution in [-0.2, 0) is 16.1 Å². The number of nitrogens with zero attached hydrogens (tertiary/aromatic N) is 3. The van der Waals surface area contributed by atoms with Crippen LogP contribution in [0.1, 0.15) is 67.7 Å². The van der Waals surface area contributed by atoms with E-state index >= 15 is 0 Å². The van der Waals surface area contributed by atoms with E-state index < -0.39 is 0 Å². The molecule has 2 aromatic rings. The van der Waals surface area contributed by atoms with Crippen LogP contribution >= 0.6 is 12.4 Å². The van der Waals surface area contributed by atoms with E-state index in [9.17, 15) is 9.59 Å². The van der Waals surface area contributed by atoms with E-state index in [-0.39, 0.29) is 35.7 Å². The number of hydrogen-bond acceptors (Lipinski definition) is 4. The number of carbonyl (C=O) groups excluding carboxylic acids is 2. The molecule has 7 heteroatoms. The van der Waals surface area contributed by atoms with E-state index in [1.54, 1.807) is 0 Å². The average Bonchev–Trinajstić information content (AvgIpc) is 3.66. The number of halogens is 1. The lowest BCUT2D eigenvalue weighted by Gasteiger charge is -2.39. The Morgan fingerprint density at radius 1 is 1.08 bits per heavy atom. The number of hydrogen-bond donors (Lipinski definition) is 1. The van der Waals surface area contributed by atoms with E-state index in [0.717, 1.165) is 51.0 Å². The smallest absolute Gasteiger partial charge is 0.223 e. The molecule has 1 N–H and O–H groups in total. The molecule has 1 atom stereocenters. The molecule has 1 saturated carbocycles. The van der Waals surface area contributed by atoms with Crippen LogP contribution in [0.5, 0.6) is 0 Å². The molecule has 0 bridgehead atoms. The third-order valence-electron chi connectivity index (χ3n) is 8.22. The van der Waals surface area contributed by atoms with Crippen LogP contribution in [0, 0.1) is 22.7 Å². The predicted octanol–water partition coefficient (Wildman–Crippen LogP) is 4.84. The Morgan fingerprint density at radius 3 is 2.43 bits per heavy atom. The number of benzene rings is 2. The summed E-state index contributed by atoms with van der Waals surface area (Å²) in [4.78, 5) is 29.9. The zero-order valence-electron chi connectivity index (χ0n) is 21.4. The first-order chi connectivity index (χ1) is 17.5. The highest BCUT2D eigenvalue weighted by molar-refractivity contribution is 5.85. The standard InChI is InChI=1S/C30H36N4O2.ClH/c31-20-24-8-10-25(11-9-24)21-34-22-30(19-29(34)36)13-16-33(17-14-30)15-12-27(26-4-2-1-3-5-26)32-28(35)18-23-6-7-23;/h1-5,8-11,23,27H,6-7,12-19,21-22H2,(H,32,35);1H/t27-;/m0./s1. The fourth-order valence-electron chi connectivity index (χ4n) is 5.77. The first-order valence-corrected chi connectivity index (χ1v) is 13.4. The van der Waals surface area contributed by atoms with Gasteiger partial charge in [0.2, 0.25) is 11.8 Å². The maximum Gasteiger partial charge on any atom is 0.223 e. The van der Waals surface area contributed by atoms with Crippen molar-refractivity contribution in [1.29, 1.82) is 5.26 Å². The van der Waals surface area contributed by atoms with Gasteiger partial charge < -0.3 is 15.1 Å². The van der Waals surface area contributed by atoms with Gasteiger partial charge in [-0.15, -0.1) is 12.4 Å². The van der Waals surface area contributed by atoms with Gasteiger partial charge in [-0.1, -0.05) is 42.5 Å². The Kier molecular flexibility index (Phi) is 8.89. The SMILES string of the molecule is Cl.N#Cc1ccc(CN2CC3(CCN(CC[C@H](NC(=O)CC4CC4)c4ccccc4)CC3)CC2=O)cc1. The average molecular weight is 521 g/mol. The van der Waals surface area contributed by atoms with E-state index in [4.69, 9.17) is 5.26 Å². The lowest BCUT2D eigenvalue weighted by molar-refractivity contribution is -0.128. The molecule has 0 unspecified atom stereocenters. The molecule has 3 fully saturated rings. The molecule has 0 radical (unpaired) electrons. The van der Waals surface area contributed by atoms with Crippen molar-refractivity contribution < 1.29 is 9.59 Å². The van der Waals surface area contributed by atoms with Gasteiger partial charge >= 0.3 is 0 Å². The summed E-state index contributed by atoms with van der Waals surface area (Å²) >= 11 is 0. The third-order valence-corrected chi connectivity index (χ3v) is 8.22. The molecule has 37 heavy (non-hydrogen) atoms. The molecule has 0 aromatic heterocycles. The fourth-order valence-corrected chi connectivity index (χ4v) is 5.77. The van der Waals surface area contributed by atoms with E-state index in [2.05, 4.69) is 28.4 Å². The van der Waals surface area contributed by atoms with Crippen LogP contribution in [0.15, 0.2) is 54.6 Å². The van der Waals surface area contributed by atoms with Gasteiger partial charge in [-0.2, -0.15) is 5.26 Å². The van der Waals surface area contributed by atoms with Gasteiger partial charge in [0, 0.05) is 32.5 Å². The zero-order valence-corrected chi connectivity index (χ0v) is 22.2. The van der Waals surface area contributed by atoms with Crippen LogP contribution in [0.3, 0.4) is 0 Å². The van der Waals surface area contributed by atoms with Gasteiger partial charge in [0.25, 0.3) is 0 Å². The number of piperidine rings is 1. The zero-order chi connectivity index (χ0) is 25.0. The van der Waals surface area contributed by atoms with Gasteiger partial charge in [0.15, 0.2) is 0 Å². The van der Waals surface area contributed by atoms with Crippen molar-refractivity contribution in [2.45, 2.75) is 57.5 Å². The van der Waals surface area contributed by atoms with Gasteiger partial charge in [-0.25, -0.2) is 0 Å². The normalized spacial score (nSPS) is 19.8. The molecule has 2 heterocycles. The van der Waals surface area contributed by atoms with E-state index in [0.29, 0.717) is 30.9 Å². The molecular weight excluding hydrogens is 484 g/mol. The quantitative estimate of drug-likeness (QED) is 0.513. The summed E-state index contributed by atoms with van der Waals surface area (Å²) in [7, 11) is 0. The van der Waals surface area contributed by atoms with Gasteiger partial charge in [0.1, 0.15) is 0 Å². The summed E-state index contributed by atoms with van der Waals surface area (Å²) in [6.07, 6.45) is 6.64. The number of likely N-dealkylation sites (tertiary alicyclic amines) is 2. The highest BCUT2D eigenvalue weighted by Crippen LogP contribution is 2.41. The Labute approximate surface area is 226 Å². The highest BCUT2D eigenvalue weighted by atomic mass is 35.5. The van der Waals surface area contributed by atoms with Crippen molar-refractivity contribution in [3.05, 3.63) is 71.3 Å². The highest BCUT2D eigenvalue weighted by Gasteiger charge is 2.44. The summed E-state index contributed by atoms with van der Waals surface area (Å²) in [6.45, 7) is 4.38. The Morgan fingerprint density at radius 2 is 1.78 bits per heavy atom. The number of rotatable bonds is 9. The molecule has 1 aliphatic carbocycles. The molecule has 6 nitrogen and oxygen atoms in total. The topological polar surface area (TPSA) is 76.4 Å². The van der Waals surface area contributed by atoms with Crippen molar-refractivity contribution in [2.75, 3.05) is 26.2 Å². The monoisotopic (exact) mass is 520 g/mol. The van der Waals surface area contributed by atoms with Crippen molar-refractivity contribution in [1.82, 2.24) is 15.1 Å². The molecule has 196 valence electrons. The van der Waals surface area contributed by atoms with Crippen LogP contribution < -0.4 is 5.32 Å². The molecule has 3 aliphatic rings. The second-order valence-electron chi connectivity index (χ2n) is 11.0. The summed E-state index contributed by atoms with van der Waals surface area (Å²) in [5.41, 5.74) is 2.98. The summed E-state index contributed by atoms with van der Waals surface area (Å²) < 4.78 is 0. The van der Waals surface area contributed by atoms with Crippen molar-refractivity contribution in [3.63, 3.8) is 0 Å². The lowest BCUT2D eigenvalue weighted by Crippen LogP contribution is -2.42. The summed E-state index contributed by atoms with van der Waals surface area (Å²) in [5, 5.41) is 12.3. The van der Waals surface area contributed by atoms with E-state index in [1.807, 2.05) is 47.4 Å². The number of carbonyl (C=O) groups is 2. The largest absolute Gasteiger partial charge is 0.349 e. The molecular formula is C30H37ClN4O2. The minimum Gasteiger partial charge on any atom is -0.349 e. The minimum atomic E-state index is 0. The van der Waals surface area contributed by atoms with Crippen LogP contribution in [0.25, 0.3) is 0 Å². The fraction of sp³-hybridized carbons (Fsp3) is 0.500. The van der Waals surface area contributed by atoms with Crippen molar-refractivity contribution in [2.24, 2.45) is 11.3 Å². The summed E-state index contributed by atoms with van der Waals surface area (Å²) in [5.74, 6) is 1.01. The second kappa shape index (κ2) is 12.1. The Hall–Kier alpha value is -2.88. The number of amides is 2. The van der Waals surface area contributed by atoms with Crippen molar-refractivity contribution in [3.8, 4) is 6.07 Å². The second-order valence-corrected chi connectivity index (χ2v) is 11.0. The van der Waals surface area contributed by atoms with Crippen LogP contribution in [0.2, 0.25) is 0 Å². The van der Waals surface area contributed by atoms with Gasteiger partial charge in [-0.05, 0) is 79.8 Å². The maximum absolute atomic E-state index is 12.8. The molecule has 2 aromatic carbocycles. The van der Waals surface area contributed by atoms with Crippen LogP contribution in [-0.4, -0.2) is 47.8 Å². The molecule has 2 amide bonds. The van der Waals surface area contributed by atoms with Crippen LogP contribution in [0.4, 0.5) is 0 Å². The maximum atomic E-state index is 12.8. The first-order valence-electron chi connectivity index (χ1n) is 13.4. The molecule has 2 aliphatic heterocycles. The summed E-state index contributed by atoms with van der Waals surface area (Å²) in [6, 6.07) is 20.1. The number of nitrogens with one attached hydrogen (secondary N) is 1. The molecule has 2 saturated heterocycles. The first kappa shape index (κ1) is 27.2. The molecule has 1 spiro atoms. The predicted molar refractivity (Wildman–Crippen MR) is 146 cm³/mol. The lowest BCUT2D eigenvalue weighted by atomic mass is 9.77. The minimum absolute atomic E-state index is 0. The molecule has 5 rings (SSSR count). The van der Waals surface area contributed by atoms with Gasteiger partial charge in [0.05, 0.1) is 17.7 Å². The third kappa shape index (κ3) is 7.12.